The molecule has 5 rings (SSSR count). The SMILES string of the molecule is NOS(=O)(=O)c1cc(Nc2nc(O)nc(Nc3ccccc3)n2)c2c(O)c(N=Nc3ccccc3C(=O)O)c(OS(=O)[O-])cc2c1. The fraction of sp³-hybridized carbons (Fsp3) is 0. The minimum Gasteiger partial charge on any atom is -0.740 e. The largest absolute Gasteiger partial charge is 0.740 e. The number of aromatic carboxylic acids is 1. The highest BCUT2D eigenvalue weighted by atomic mass is 32.2. The molecule has 0 saturated carbocycles. The van der Waals surface area contributed by atoms with E-state index in [1.807, 2.05) is 0 Å². The number of phenols is 1. The van der Waals surface area contributed by atoms with Gasteiger partial charge in [-0.15, -0.1) is 10.2 Å². The molecule has 0 aliphatic rings. The van der Waals surface area contributed by atoms with E-state index in [1.165, 1.54) is 24.3 Å². The van der Waals surface area contributed by atoms with Gasteiger partial charge in [0, 0.05) is 11.1 Å². The number of nitrogens with zero attached hydrogens (tertiary/aromatic N) is 5. The van der Waals surface area contributed by atoms with Crippen molar-refractivity contribution >= 4 is 72.9 Å². The number of nitrogens with one attached hydrogen (secondary N) is 2. The summed E-state index contributed by atoms with van der Waals surface area (Å²) in [5.74, 6) is 1.76. The van der Waals surface area contributed by atoms with E-state index in [0.717, 1.165) is 18.2 Å². The number of carbonyl (C=O) groups is 1. The van der Waals surface area contributed by atoms with Gasteiger partial charge in [-0.1, -0.05) is 30.3 Å². The second-order valence-electron chi connectivity index (χ2n) is 8.90. The molecule has 0 radical (unpaired) electrons. The number of aromatic nitrogens is 3. The first kappa shape index (κ1) is 31.6. The van der Waals surface area contributed by atoms with E-state index in [0.29, 0.717) is 5.69 Å². The maximum Gasteiger partial charge on any atom is 0.337 e. The maximum absolute atomic E-state index is 12.6. The number of azo groups is 1. The van der Waals surface area contributed by atoms with Gasteiger partial charge in [-0.2, -0.15) is 33.6 Å². The molecule has 4 aromatic carbocycles. The van der Waals surface area contributed by atoms with Gasteiger partial charge in [0.05, 0.1) is 16.1 Å². The average molecular weight is 668 g/mol. The van der Waals surface area contributed by atoms with E-state index in [9.17, 15) is 37.3 Å². The van der Waals surface area contributed by atoms with E-state index in [2.05, 4.69) is 40.1 Å². The molecule has 236 valence electrons. The topological polar surface area (TPSA) is 284 Å². The lowest BCUT2D eigenvalue weighted by atomic mass is 10.1. The summed E-state index contributed by atoms with van der Waals surface area (Å²) in [7, 11) is -4.60. The number of benzene rings is 4. The van der Waals surface area contributed by atoms with Crippen molar-refractivity contribution in [3.8, 4) is 17.5 Å². The second kappa shape index (κ2) is 13.1. The lowest BCUT2D eigenvalue weighted by Crippen LogP contribution is -2.12. The van der Waals surface area contributed by atoms with E-state index in [-0.39, 0.29) is 39.6 Å². The van der Waals surface area contributed by atoms with Crippen LogP contribution in [0, 0.1) is 0 Å². The van der Waals surface area contributed by atoms with Crippen molar-refractivity contribution < 1.29 is 45.8 Å². The summed E-state index contributed by atoms with van der Waals surface area (Å²) in [6.45, 7) is 0. The molecule has 0 bridgehead atoms. The summed E-state index contributed by atoms with van der Waals surface area (Å²) in [6.07, 6.45) is 0. The zero-order valence-corrected chi connectivity index (χ0v) is 24.4. The van der Waals surface area contributed by atoms with Crippen molar-refractivity contribution in [3.05, 3.63) is 78.4 Å². The maximum atomic E-state index is 12.6. The van der Waals surface area contributed by atoms with E-state index in [1.54, 1.807) is 30.3 Å². The fourth-order valence-electron chi connectivity index (χ4n) is 4.08. The average Bonchev–Trinajstić information content (AvgIpc) is 3.00. The summed E-state index contributed by atoms with van der Waals surface area (Å²) in [4.78, 5) is 22.8. The third-order valence-electron chi connectivity index (χ3n) is 5.99. The molecule has 7 N–H and O–H groups in total. The fourth-order valence-corrected chi connectivity index (χ4v) is 5.00. The van der Waals surface area contributed by atoms with Gasteiger partial charge in [0.2, 0.25) is 11.9 Å². The summed E-state index contributed by atoms with van der Waals surface area (Å²) in [5.41, 5.74) is -0.676. The predicted molar refractivity (Wildman–Crippen MR) is 160 cm³/mol. The summed E-state index contributed by atoms with van der Waals surface area (Å²) in [5, 5.41) is 44.0. The Hall–Kier alpha value is -5.80. The van der Waals surface area contributed by atoms with Crippen LogP contribution in [0.5, 0.6) is 17.5 Å². The Morgan fingerprint density at radius 3 is 2.28 bits per heavy atom. The minimum atomic E-state index is -4.60. The van der Waals surface area contributed by atoms with Crippen molar-refractivity contribution in [1.29, 1.82) is 0 Å². The van der Waals surface area contributed by atoms with Crippen LogP contribution in [0.3, 0.4) is 0 Å². The number of anilines is 4. The molecule has 1 aromatic heterocycles. The molecular weight excluding hydrogens is 648 g/mol. The number of rotatable bonds is 11. The van der Waals surface area contributed by atoms with Crippen molar-refractivity contribution in [3.63, 3.8) is 0 Å². The Morgan fingerprint density at radius 1 is 0.935 bits per heavy atom. The van der Waals surface area contributed by atoms with Gasteiger partial charge < -0.3 is 34.7 Å². The Balaban J connectivity index is 1.71. The summed E-state index contributed by atoms with van der Waals surface area (Å²) >= 11 is -3.22. The number of carboxylic acids is 1. The van der Waals surface area contributed by atoms with Crippen LogP contribution in [0.15, 0.2) is 87.9 Å². The Kier molecular flexibility index (Phi) is 8.97. The number of fused-ring (bicyclic) bond motifs is 1. The zero-order valence-electron chi connectivity index (χ0n) is 22.8. The normalized spacial score (nSPS) is 12.2. The van der Waals surface area contributed by atoms with Crippen LogP contribution in [0.1, 0.15) is 10.4 Å². The van der Waals surface area contributed by atoms with E-state index < -0.39 is 55.5 Å². The van der Waals surface area contributed by atoms with Crippen molar-refractivity contribution in [2.75, 3.05) is 10.6 Å². The Bertz CT molecular complexity index is 2130. The standard InChI is InChI=1S/C26H20N8O10S2/c27-44-46(41,42)15-10-13-11-19(43-45(39)40)21(34-33-17-9-5-4-8-16(17)23(36)37)22(35)20(13)18(12-15)29-25-30-24(31-26(38)32-25)28-14-6-2-1-3-7-14/h1-12,35H,27H2,(H,36,37)(H,39,40)(H3,28,29,30,31,32,38)/p-1. The number of phenolic OH excluding ortho intramolecular Hbond substituents is 1. The van der Waals surface area contributed by atoms with E-state index in [4.69, 9.17) is 10.1 Å². The molecule has 5 aromatic rings. The van der Waals surface area contributed by atoms with Crippen LogP contribution in [-0.2, 0) is 25.8 Å². The quantitative estimate of drug-likeness (QED) is 0.0663. The molecule has 0 aliphatic carbocycles. The lowest BCUT2D eigenvalue weighted by molar-refractivity contribution is 0.0697. The number of hydrogen-bond donors (Lipinski definition) is 6. The molecule has 1 unspecified atom stereocenters. The molecular formula is C26H19N8O10S2-. The highest BCUT2D eigenvalue weighted by Gasteiger charge is 2.24. The first-order valence-electron chi connectivity index (χ1n) is 12.5. The monoisotopic (exact) mass is 667 g/mol. The van der Waals surface area contributed by atoms with Gasteiger partial charge in [-0.3, -0.25) is 0 Å². The van der Waals surface area contributed by atoms with Crippen LogP contribution in [0.25, 0.3) is 10.8 Å². The van der Waals surface area contributed by atoms with Crippen LogP contribution >= 0.6 is 0 Å². The third-order valence-corrected chi connectivity index (χ3v) is 7.37. The van der Waals surface area contributed by atoms with Gasteiger partial charge in [-0.25, -0.2) is 9.00 Å². The molecule has 18 nitrogen and oxygen atoms in total. The van der Waals surface area contributed by atoms with Crippen LogP contribution in [0.4, 0.5) is 34.6 Å². The van der Waals surface area contributed by atoms with Gasteiger partial charge in [0.15, 0.2) is 17.2 Å². The number of nitrogens with two attached hydrogens (primary N) is 1. The highest BCUT2D eigenvalue weighted by molar-refractivity contribution is 7.86. The van der Waals surface area contributed by atoms with Crippen LogP contribution in [0.2, 0.25) is 0 Å². The lowest BCUT2D eigenvalue weighted by Gasteiger charge is -2.17. The molecule has 0 fully saturated rings. The van der Waals surface area contributed by atoms with Gasteiger partial charge >= 0.3 is 22.1 Å². The molecule has 0 aliphatic heterocycles. The molecule has 1 heterocycles. The van der Waals surface area contributed by atoms with Crippen molar-refractivity contribution in [1.82, 2.24) is 15.0 Å². The summed E-state index contributed by atoms with van der Waals surface area (Å²) in [6, 6.07) is 16.3. The third kappa shape index (κ3) is 6.95. The number of hydrogen-bond acceptors (Lipinski definition) is 17. The number of carboxylic acid groups (broad SMARTS) is 1. The zero-order chi connectivity index (χ0) is 33.0. The second-order valence-corrected chi connectivity index (χ2v) is 11.0. The van der Waals surface area contributed by atoms with Gasteiger partial charge in [0.25, 0.3) is 0 Å². The Morgan fingerprint density at radius 2 is 1.61 bits per heavy atom. The molecule has 0 spiro atoms. The molecule has 0 amide bonds. The van der Waals surface area contributed by atoms with Crippen molar-refractivity contribution in [2.45, 2.75) is 4.90 Å². The number of aromatic hydroxyl groups is 2. The first-order valence-corrected chi connectivity index (χ1v) is 14.9. The minimum absolute atomic E-state index is 0.121. The molecule has 46 heavy (non-hydrogen) atoms. The van der Waals surface area contributed by atoms with Gasteiger partial charge in [0.1, 0.15) is 17.0 Å². The first-order chi connectivity index (χ1) is 21.9. The van der Waals surface area contributed by atoms with E-state index >= 15 is 0 Å². The van der Waals surface area contributed by atoms with Crippen LogP contribution < -0.4 is 20.7 Å². The Labute approximate surface area is 260 Å². The van der Waals surface area contributed by atoms with Gasteiger partial charge in [-0.05, 0) is 47.9 Å². The smallest absolute Gasteiger partial charge is 0.337 e. The van der Waals surface area contributed by atoms with Crippen molar-refractivity contribution in [2.24, 2.45) is 16.1 Å². The number of para-hydroxylation sites is 1. The molecule has 1 atom stereocenters. The van der Waals surface area contributed by atoms with Crippen LogP contribution in [-0.4, -0.2) is 53.4 Å². The highest BCUT2D eigenvalue weighted by Crippen LogP contribution is 2.48. The molecule has 20 heteroatoms. The predicted octanol–water partition coefficient (Wildman–Crippen LogP) is 3.79. The molecule has 0 saturated heterocycles. The summed E-state index contributed by atoms with van der Waals surface area (Å²) < 4.78 is 57.1.